The number of hydrogen-bond donors (Lipinski definition) is 1. The van der Waals surface area contributed by atoms with Crippen molar-refractivity contribution < 1.29 is 23.4 Å². The SMILES string of the molecule is O=C(O)CC1CCN(c2c(F)cc(-c3cccc(OCC4CC4)n3)cc2F)C1. The number of aliphatic carboxylic acids is 1. The van der Waals surface area contributed by atoms with Crippen LogP contribution < -0.4 is 9.64 Å². The van der Waals surface area contributed by atoms with Gasteiger partial charge in [0.05, 0.1) is 12.3 Å². The molecule has 0 radical (unpaired) electrons. The van der Waals surface area contributed by atoms with Crippen LogP contribution in [0.2, 0.25) is 0 Å². The second-order valence-corrected chi connectivity index (χ2v) is 7.60. The summed E-state index contributed by atoms with van der Waals surface area (Å²) < 4.78 is 35.1. The van der Waals surface area contributed by atoms with Crippen LogP contribution in [0.3, 0.4) is 0 Å². The number of anilines is 1. The summed E-state index contributed by atoms with van der Waals surface area (Å²) >= 11 is 0. The summed E-state index contributed by atoms with van der Waals surface area (Å²) in [6.45, 7) is 1.39. The van der Waals surface area contributed by atoms with E-state index < -0.39 is 17.6 Å². The van der Waals surface area contributed by atoms with Crippen LogP contribution in [0.1, 0.15) is 25.7 Å². The molecule has 1 aromatic heterocycles. The number of hydrogen-bond acceptors (Lipinski definition) is 4. The minimum atomic E-state index is -0.891. The molecule has 2 fully saturated rings. The molecule has 1 N–H and O–H groups in total. The molecule has 1 saturated carbocycles. The van der Waals surface area contributed by atoms with E-state index in [1.807, 2.05) is 0 Å². The average Bonchev–Trinajstić information content (AvgIpc) is 3.38. The minimum Gasteiger partial charge on any atom is -0.481 e. The Morgan fingerprint density at radius 1 is 1.18 bits per heavy atom. The predicted molar refractivity (Wildman–Crippen MR) is 100 cm³/mol. The summed E-state index contributed by atoms with van der Waals surface area (Å²) in [6.07, 6.45) is 2.95. The van der Waals surface area contributed by atoms with Crippen LogP contribution in [0.25, 0.3) is 11.3 Å². The molecule has 2 aromatic rings. The number of benzene rings is 1. The van der Waals surface area contributed by atoms with Gasteiger partial charge in [-0.25, -0.2) is 13.8 Å². The quantitative estimate of drug-likeness (QED) is 0.773. The fourth-order valence-corrected chi connectivity index (χ4v) is 3.61. The number of halogens is 2. The van der Waals surface area contributed by atoms with Gasteiger partial charge in [-0.15, -0.1) is 0 Å². The maximum absolute atomic E-state index is 14.7. The zero-order chi connectivity index (χ0) is 19.7. The van der Waals surface area contributed by atoms with Crippen molar-refractivity contribution in [2.75, 3.05) is 24.6 Å². The van der Waals surface area contributed by atoms with E-state index in [2.05, 4.69) is 4.98 Å². The number of aromatic nitrogens is 1. The molecule has 4 rings (SSSR count). The summed E-state index contributed by atoms with van der Waals surface area (Å²) in [5.74, 6) is -1.29. The number of carbonyl (C=O) groups is 1. The first kappa shape index (κ1) is 18.7. The molecule has 0 spiro atoms. The largest absolute Gasteiger partial charge is 0.481 e. The average molecular weight is 388 g/mol. The molecule has 2 heterocycles. The van der Waals surface area contributed by atoms with Crippen molar-refractivity contribution >= 4 is 11.7 Å². The molecule has 1 aliphatic carbocycles. The molecule has 0 bridgehead atoms. The zero-order valence-electron chi connectivity index (χ0n) is 15.4. The maximum atomic E-state index is 14.7. The molecule has 0 amide bonds. The Bertz CT molecular complexity index is 863. The third-order valence-electron chi connectivity index (χ3n) is 5.27. The van der Waals surface area contributed by atoms with Crippen molar-refractivity contribution in [3.05, 3.63) is 42.0 Å². The second kappa shape index (κ2) is 7.73. The van der Waals surface area contributed by atoms with Gasteiger partial charge in [0, 0.05) is 31.1 Å². The lowest BCUT2D eigenvalue weighted by Crippen LogP contribution is -2.23. The van der Waals surface area contributed by atoms with Crippen LogP contribution >= 0.6 is 0 Å². The lowest BCUT2D eigenvalue weighted by atomic mass is 10.1. The second-order valence-electron chi connectivity index (χ2n) is 7.60. The van der Waals surface area contributed by atoms with Gasteiger partial charge in [0.2, 0.25) is 5.88 Å². The molecule has 1 aliphatic heterocycles. The highest BCUT2D eigenvalue weighted by atomic mass is 19.1. The van der Waals surface area contributed by atoms with Gasteiger partial charge in [-0.3, -0.25) is 4.79 Å². The lowest BCUT2D eigenvalue weighted by Gasteiger charge is -2.20. The van der Waals surface area contributed by atoms with Crippen LogP contribution in [0.4, 0.5) is 14.5 Å². The van der Waals surface area contributed by atoms with Crippen LogP contribution in [0, 0.1) is 23.5 Å². The molecule has 148 valence electrons. The molecule has 1 atom stereocenters. The van der Waals surface area contributed by atoms with E-state index in [0.29, 0.717) is 49.2 Å². The lowest BCUT2D eigenvalue weighted by molar-refractivity contribution is -0.137. The highest BCUT2D eigenvalue weighted by Crippen LogP contribution is 2.34. The monoisotopic (exact) mass is 388 g/mol. The molecule has 5 nitrogen and oxygen atoms in total. The molecule has 2 aliphatic rings. The van der Waals surface area contributed by atoms with Gasteiger partial charge in [-0.2, -0.15) is 0 Å². The Morgan fingerprint density at radius 3 is 2.61 bits per heavy atom. The Balaban J connectivity index is 1.52. The molecule has 1 unspecified atom stereocenters. The Labute approximate surface area is 162 Å². The summed E-state index contributed by atoms with van der Waals surface area (Å²) in [5, 5.41) is 8.91. The normalized spacial score (nSPS) is 19.1. The fraction of sp³-hybridized carbons (Fsp3) is 0.429. The number of carboxylic acids is 1. The Morgan fingerprint density at radius 2 is 1.93 bits per heavy atom. The first-order chi connectivity index (χ1) is 13.5. The van der Waals surface area contributed by atoms with E-state index in [-0.39, 0.29) is 18.0 Å². The van der Waals surface area contributed by atoms with Crippen LogP contribution in [0.5, 0.6) is 5.88 Å². The van der Waals surface area contributed by atoms with E-state index >= 15 is 0 Å². The topological polar surface area (TPSA) is 62.7 Å². The van der Waals surface area contributed by atoms with Crippen molar-refractivity contribution in [2.24, 2.45) is 11.8 Å². The van der Waals surface area contributed by atoms with Crippen molar-refractivity contribution in [2.45, 2.75) is 25.7 Å². The molecule has 7 heteroatoms. The first-order valence-electron chi connectivity index (χ1n) is 9.55. The van der Waals surface area contributed by atoms with Crippen LogP contribution in [-0.4, -0.2) is 35.8 Å². The highest BCUT2D eigenvalue weighted by molar-refractivity contribution is 5.68. The smallest absolute Gasteiger partial charge is 0.303 e. The zero-order valence-corrected chi connectivity index (χ0v) is 15.4. The standard InChI is InChI=1S/C21H22F2N2O3/c22-16-9-15(18-2-1-3-19(24-18)28-12-13-4-5-13)10-17(23)21(16)25-7-6-14(11-25)8-20(26)27/h1-3,9-10,13-14H,4-8,11-12H2,(H,26,27). The summed E-state index contributed by atoms with van der Waals surface area (Å²) in [7, 11) is 0. The van der Waals surface area contributed by atoms with E-state index in [0.717, 1.165) is 0 Å². The molecule has 1 aromatic carbocycles. The number of carboxylic acid groups (broad SMARTS) is 1. The van der Waals surface area contributed by atoms with E-state index in [1.165, 1.54) is 25.0 Å². The molecule has 1 saturated heterocycles. The van der Waals surface area contributed by atoms with Crippen molar-refractivity contribution in [3.8, 4) is 17.1 Å². The number of ether oxygens (including phenoxy) is 1. The Kier molecular flexibility index (Phi) is 5.15. The highest BCUT2D eigenvalue weighted by Gasteiger charge is 2.28. The molecular weight excluding hydrogens is 366 g/mol. The molecule has 28 heavy (non-hydrogen) atoms. The summed E-state index contributed by atoms with van der Waals surface area (Å²) in [6, 6.07) is 7.73. The van der Waals surface area contributed by atoms with Crippen molar-refractivity contribution in [3.63, 3.8) is 0 Å². The third-order valence-corrected chi connectivity index (χ3v) is 5.27. The summed E-state index contributed by atoms with van der Waals surface area (Å²) in [4.78, 5) is 16.8. The fourth-order valence-electron chi connectivity index (χ4n) is 3.61. The van der Waals surface area contributed by atoms with Crippen LogP contribution in [-0.2, 0) is 4.79 Å². The Hall–Kier alpha value is -2.70. The number of nitrogens with zero attached hydrogens (tertiary/aromatic N) is 2. The van der Waals surface area contributed by atoms with Gasteiger partial charge in [-0.1, -0.05) is 6.07 Å². The minimum absolute atomic E-state index is 0.00932. The number of pyridine rings is 1. The van der Waals surface area contributed by atoms with Gasteiger partial charge in [-0.05, 0) is 49.3 Å². The van der Waals surface area contributed by atoms with Crippen LogP contribution in [0.15, 0.2) is 30.3 Å². The van der Waals surface area contributed by atoms with E-state index in [1.54, 1.807) is 23.1 Å². The van der Waals surface area contributed by atoms with Gasteiger partial charge in [0.25, 0.3) is 0 Å². The molecular formula is C21H22F2N2O3. The van der Waals surface area contributed by atoms with Gasteiger partial charge in [0.1, 0.15) is 17.3 Å². The van der Waals surface area contributed by atoms with Gasteiger partial charge >= 0.3 is 5.97 Å². The summed E-state index contributed by atoms with van der Waals surface area (Å²) in [5.41, 5.74) is 0.692. The van der Waals surface area contributed by atoms with Crippen molar-refractivity contribution in [1.82, 2.24) is 4.98 Å². The van der Waals surface area contributed by atoms with Crippen molar-refractivity contribution in [1.29, 1.82) is 0 Å². The first-order valence-corrected chi connectivity index (χ1v) is 9.55. The number of rotatable bonds is 7. The maximum Gasteiger partial charge on any atom is 0.303 e. The van der Waals surface area contributed by atoms with E-state index in [9.17, 15) is 13.6 Å². The predicted octanol–water partition coefficient (Wildman–Crippen LogP) is 4.12. The van der Waals surface area contributed by atoms with Gasteiger partial charge in [0.15, 0.2) is 0 Å². The van der Waals surface area contributed by atoms with E-state index in [4.69, 9.17) is 9.84 Å². The van der Waals surface area contributed by atoms with Gasteiger partial charge < -0.3 is 14.7 Å². The third kappa shape index (κ3) is 4.24.